The molecule has 1 amide bonds. The van der Waals surface area contributed by atoms with E-state index in [4.69, 9.17) is 0 Å². The highest BCUT2D eigenvalue weighted by Crippen LogP contribution is 2.14. The normalized spacial score (nSPS) is 12.3. The first-order valence-electron chi connectivity index (χ1n) is 8.74. The molecule has 0 spiro atoms. The lowest BCUT2D eigenvalue weighted by atomic mass is 10.0. The number of aromatic hydroxyl groups is 1. The highest BCUT2D eigenvalue weighted by Gasteiger charge is 2.07. The van der Waals surface area contributed by atoms with E-state index < -0.39 is 0 Å². The Hall–Kier alpha value is -3.02. The second-order valence-electron chi connectivity index (χ2n) is 5.98. The van der Waals surface area contributed by atoms with Crippen LogP contribution in [-0.2, 0) is 4.79 Å². The lowest BCUT2D eigenvalue weighted by molar-refractivity contribution is -0.114. The van der Waals surface area contributed by atoms with Gasteiger partial charge < -0.3 is 21.1 Å². The Bertz CT molecular complexity index is 714. The van der Waals surface area contributed by atoms with Crippen molar-refractivity contribution in [2.45, 2.75) is 19.8 Å². The number of amides is 1. The monoisotopic (exact) mass is 354 g/mol. The minimum absolute atomic E-state index is 0.00985. The summed E-state index contributed by atoms with van der Waals surface area (Å²) in [6.07, 6.45) is 0. The van der Waals surface area contributed by atoms with Crippen LogP contribution in [-0.4, -0.2) is 36.6 Å². The van der Waals surface area contributed by atoms with Gasteiger partial charge in [0.05, 0.1) is 0 Å². The molecule has 0 bridgehead atoms. The molecule has 6 heteroatoms. The van der Waals surface area contributed by atoms with E-state index in [0.717, 1.165) is 6.54 Å². The Labute approximate surface area is 154 Å². The molecule has 0 radical (unpaired) electrons. The molecule has 2 aromatic rings. The van der Waals surface area contributed by atoms with Gasteiger partial charge in [0.2, 0.25) is 5.91 Å². The molecule has 6 nitrogen and oxygen atoms in total. The summed E-state index contributed by atoms with van der Waals surface area (Å²) in [6, 6.07) is 16.6. The number of phenolic OH excluding ortho intramolecular Hbond substituents is 1. The first kappa shape index (κ1) is 19.3. The first-order valence-corrected chi connectivity index (χ1v) is 8.74. The molecule has 1 unspecified atom stereocenters. The highest BCUT2D eigenvalue weighted by molar-refractivity contribution is 5.94. The van der Waals surface area contributed by atoms with E-state index in [2.05, 4.69) is 40.0 Å². The Morgan fingerprint density at radius 2 is 1.77 bits per heavy atom. The maximum absolute atomic E-state index is 12.0. The Morgan fingerprint density at radius 1 is 1.08 bits per heavy atom. The topological polar surface area (TPSA) is 85.8 Å². The van der Waals surface area contributed by atoms with Crippen LogP contribution in [0.2, 0.25) is 0 Å². The number of carbonyl (C=O) groups excluding carboxylic acids is 1. The fourth-order valence-corrected chi connectivity index (χ4v) is 2.39. The third kappa shape index (κ3) is 6.47. The number of carbonyl (C=O) groups is 1. The summed E-state index contributed by atoms with van der Waals surface area (Å²) in [5.74, 6) is 0.873. The van der Waals surface area contributed by atoms with Crippen LogP contribution >= 0.6 is 0 Å². The molecule has 138 valence electrons. The second kappa shape index (κ2) is 10.1. The highest BCUT2D eigenvalue weighted by atomic mass is 16.3. The van der Waals surface area contributed by atoms with E-state index in [9.17, 15) is 9.90 Å². The van der Waals surface area contributed by atoms with Crippen molar-refractivity contribution in [2.75, 3.05) is 25.0 Å². The number of nitrogens with zero attached hydrogens (tertiary/aromatic N) is 1. The van der Waals surface area contributed by atoms with Crippen LogP contribution < -0.4 is 16.0 Å². The van der Waals surface area contributed by atoms with Crippen molar-refractivity contribution in [1.29, 1.82) is 0 Å². The van der Waals surface area contributed by atoms with Crippen molar-refractivity contribution in [3.05, 3.63) is 60.2 Å². The average Bonchev–Trinajstić information content (AvgIpc) is 2.66. The summed E-state index contributed by atoms with van der Waals surface area (Å²) in [5, 5.41) is 18.4. The fraction of sp³-hybridized carbons (Fsp3) is 0.300. The number of benzene rings is 2. The number of hydrogen-bond acceptors (Lipinski definition) is 3. The Balaban J connectivity index is 1.87. The van der Waals surface area contributed by atoms with Crippen LogP contribution in [0.15, 0.2) is 59.6 Å². The molecule has 0 fully saturated rings. The third-order valence-electron chi connectivity index (χ3n) is 3.82. The van der Waals surface area contributed by atoms with E-state index in [1.165, 1.54) is 17.7 Å². The zero-order valence-corrected chi connectivity index (χ0v) is 15.2. The number of aliphatic imine (C=N–C) groups is 1. The maximum Gasteiger partial charge on any atom is 0.246 e. The first-order chi connectivity index (χ1) is 12.6. The molecule has 2 rings (SSSR count). The molecular formula is C20H26N4O2. The second-order valence-corrected chi connectivity index (χ2v) is 5.98. The van der Waals surface area contributed by atoms with Crippen molar-refractivity contribution < 1.29 is 9.90 Å². The molecule has 0 aromatic heterocycles. The third-order valence-corrected chi connectivity index (χ3v) is 3.82. The van der Waals surface area contributed by atoms with Crippen molar-refractivity contribution in [1.82, 2.24) is 10.6 Å². The van der Waals surface area contributed by atoms with Crippen molar-refractivity contribution in [3.8, 4) is 5.75 Å². The van der Waals surface area contributed by atoms with Gasteiger partial charge >= 0.3 is 0 Å². The molecule has 4 N–H and O–H groups in total. The van der Waals surface area contributed by atoms with Gasteiger partial charge in [-0.2, -0.15) is 0 Å². The van der Waals surface area contributed by atoms with E-state index in [1.54, 1.807) is 12.1 Å². The number of nitrogens with one attached hydrogen (secondary N) is 3. The van der Waals surface area contributed by atoms with E-state index in [0.29, 0.717) is 24.1 Å². The summed E-state index contributed by atoms with van der Waals surface area (Å²) < 4.78 is 0. The molecule has 0 aliphatic rings. The number of phenols is 1. The molecular weight excluding hydrogens is 328 g/mol. The van der Waals surface area contributed by atoms with Crippen LogP contribution in [0, 0.1) is 0 Å². The largest absolute Gasteiger partial charge is 0.508 e. The molecule has 0 aliphatic heterocycles. The molecule has 2 aromatic carbocycles. The minimum Gasteiger partial charge on any atom is -0.508 e. The SMILES string of the molecule is CCNC(=NCC(=O)Nc1ccc(O)cc1)NCC(C)c1ccccc1. The predicted octanol–water partition coefficient (Wildman–Crippen LogP) is 2.69. The van der Waals surface area contributed by atoms with Crippen LogP contribution in [0.3, 0.4) is 0 Å². The van der Waals surface area contributed by atoms with E-state index in [-0.39, 0.29) is 18.2 Å². The lowest BCUT2D eigenvalue weighted by Gasteiger charge is -2.16. The van der Waals surface area contributed by atoms with Gasteiger partial charge in [-0.3, -0.25) is 4.79 Å². The molecule has 0 aliphatic carbocycles. The summed E-state index contributed by atoms with van der Waals surface area (Å²) >= 11 is 0. The zero-order valence-electron chi connectivity index (χ0n) is 15.2. The van der Waals surface area contributed by atoms with Crippen molar-refractivity contribution >= 4 is 17.6 Å². The molecule has 0 saturated carbocycles. The van der Waals surface area contributed by atoms with Gasteiger partial charge in [0, 0.05) is 18.8 Å². The fourth-order valence-electron chi connectivity index (χ4n) is 2.39. The number of anilines is 1. The summed E-state index contributed by atoms with van der Waals surface area (Å²) in [5.41, 5.74) is 1.87. The van der Waals surface area contributed by atoms with Crippen molar-refractivity contribution in [2.24, 2.45) is 4.99 Å². The van der Waals surface area contributed by atoms with Gasteiger partial charge in [-0.1, -0.05) is 37.3 Å². The van der Waals surface area contributed by atoms with Gasteiger partial charge in [-0.25, -0.2) is 4.99 Å². The summed E-state index contributed by atoms with van der Waals surface area (Å²) in [6.45, 7) is 5.56. The van der Waals surface area contributed by atoms with Crippen LogP contribution in [0.5, 0.6) is 5.75 Å². The average molecular weight is 354 g/mol. The van der Waals surface area contributed by atoms with E-state index >= 15 is 0 Å². The summed E-state index contributed by atoms with van der Waals surface area (Å²) in [7, 11) is 0. The number of rotatable bonds is 7. The molecule has 1 atom stereocenters. The van der Waals surface area contributed by atoms with Crippen molar-refractivity contribution in [3.63, 3.8) is 0 Å². The molecule has 0 heterocycles. The smallest absolute Gasteiger partial charge is 0.246 e. The van der Waals surface area contributed by atoms with E-state index in [1.807, 2.05) is 25.1 Å². The standard InChI is InChI=1S/C20H26N4O2/c1-3-21-20(22-13-15(2)16-7-5-4-6-8-16)23-14-19(26)24-17-9-11-18(25)12-10-17/h4-12,15,25H,3,13-14H2,1-2H3,(H,24,26)(H2,21,22,23). The van der Waals surface area contributed by atoms with Gasteiger partial charge in [0.1, 0.15) is 12.3 Å². The van der Waals surface area contributed by atoms with Crippen LogP contribution in [0.4, 0.5) is 5.69 Å². The van der Waals surface area contributed by atoms with Crippen LogP contribution in [0.25, 0.3) is 0 Å². The van der Waals surface area contributed by atoms with Gasteiger partial charge in [0.15, 0.2) is 5.96 Å². The van der Waals surface area contributed by atoms with Gasteiger partial charge in [-0.15, -0.1) is 0 Å². The van der Waals surface area contributed by atoms with Gasteiger partial charge in [0.25, 0.3) is 0 Å². The Morgan fingerprint density at radius 3 is 2.42 bits per heavy atom. The Kier molecular flexibility index (Phi) is 7.49. The zero-order chi connectivity index (χ0) is 18.8. The number of hydrogen-bond donors (Lipinski definition) is 4. The predicted molar refractivity (Wildman–Crippen MR) is 106 cm³/mol. The molecule has 26 heavy (non-hydrogen) atoms. The van der Waals surface area contributed by atoms with Crippen LogP contribution in [0.1, 0.15) is 25.3 Å². The quantitative estimate of drug-likeness (QED) is 0.350. The summed E-state index contributed by atoms with van der Waals surface area (Å²) in [4.78, 5) is 16.4. The maximum atomic E-state index is 12.0. The number of guanidine groups is 1. The van der Waals surface area contributed by atoms with Gasteiger partial charge in [-0.05, 0) is 42.7 Å². The molecule has 0 saturated heterocycles. The lowest BCUT2D eigenvalue weighted by Crippen LogP contribution is -2.39. The minimum atomic E-state index is -0.219.